The van der Waals surface area contributed by atoms with Crippen molar-refractivity contribution in [3.05, 3.63) is 27.9 Å². The minimum absolute atomic E-state index is 0.0613. The molecule has 1 atom stereocenters. The van der Waals surface area contributed by atoms with E-state index in [4.69, 9.17) is 9.84 Å². The first-order chi connectivity index (χ1) is 8.99. The Morgan fingerprint density at radius 3 is 2.79 bits per heavy atom. The van der Waals surface area contributed by atoms with E-state index in [9.17, 15) is 14.9 Å². The van der Waals surface area contributed by atoms with Crippen molar-refractivity contribution < 1.29 is 19.6 Å². The molecule has 1 unspecified atom stereocenters. The van der Waals surface area contributed by atoms with Gasteiger partial charge in [-0.2, -0.15) is 0 Å². The van der Waals surface area contributed by atoms with Crippen LogP contribution in [0.1, 0.15) is 23.8 Å². The first-order valence-electron chi connectivity index (χ1n) is 5.63. The molecule has 0 aliphatic carbocycles. The number of carboxylic acid groups (broad SMARTS) is 1. The Balaban J connectivity index is 3.09. The van der Waals surface area contributed by atoms with Gasteiger partial charge < -0.3 is 15.2 Å². The molecular formula is C11H15N3O5. The second kappa shape index (κ2) is 6.64. The SMILES string of the molecule is CCC(COC)Nc1nc(C(=O)O)ccc1[N+](=O)[O-]. The summed E-state index contributed by atoms with van der Waals surface area (Å²) in [4.78, 5) is 24.9. The van der Waals surface area contributed by atoms with Crippen LogP contribution in [0.4, 0.5) is 11.5 Å². The van der Waals surface area contributed by atoms with Crippen molar-refractivity contribution in [1.29, 1.82) is 0 Å². The molecule has 1 rings (SSSR count). The Labute approximate surface area is 109 Å². The number of hydrogen-bond donors (Lipinski definition) is 2. The van der Waals surface area contributed by atoms with Gasteiger partial charge in [-0.3, -0.25) is 10.1 Å². The number of aromatic nitrogens is 1. The zero-order valence-corrected chi connectivity index (χ0v) is 10.6. The molecule has 0 saturated heterocycles. The van der Waals surface area contributed by atoms with Gasteiger partial charge in [0.1, 0.15) is 0 Å². The highest BCUT2D eigenvalue weighted by molar-refractivity contribution is 5.86. The number of aromatic carboxylic acids is 1. The third-order valence-corrected chi connectivity index (χ3v) is 2.49. The van der Waals surface area contributed by atoms with E-state index in [1.165, 1.54) is 7.11 Å². The number of nitrogens with zero attached hydrogens (tertiary/aromatic N) is 2. The quantitative estimate of drug-likeness (QED) is 0.569. The molecule has 1 aromatic rings. The number of nitro groups is 1. The summed E-state index contributed by atoms with van der Waals surface area (Å²) in [5.41, 5.74) is -0.514. The van der Waals surface area contributed by atoms with Crippen LogP contribution in [0.3, 0.4) is 0 Å². The molecule has 2 N–H and O–H groups in total. The fourth-order valence-electron chi connectivity index (χ4n) is 1.48. The molecule has 8 nitrogen and oxygen atoms in total. The molecule has 0 saturated carbocycles. The summed E-state index contributed by atoms with van der Waals surface area (Å²) < 4.78 is 4.97. The van der Waals surface area contributed by atoms with Crippen LogP contribution in [0.25, 0.3) is 0 Å². The van der Waals surface area contributed by atoms with Crippen LogP contribution >= 0.6 is 0 Å². The number of methoxy groups -OCH3 is 1. The van der Waals surface area contributed by atoms with Crippen molar-refractivity contribution in [3.63, 3.8) is 0 Å². The molecule has 1 aromatic heterocycles. The maximum absolute atomic E-state index is 10.9. The van der Waals surface area contributed by atoms with Gasteiger partial charge in [-0.1, -0.05) is 6.92 Å². The number of pyridine rings is 1. The zero-order valence-electron chi connectivity index (χ0n) is 10.6. The van der Waals surface area contributed by atoms with Crippen LogP contribution in [-0.2, 0) is 4.74 Å². The maximum atomic E-state index is 10.9. The first kappa shape index (κ1) is 14.8. The summed E-state index contributed by atoms with van der Waals surface area (Å²) in [7, 11) is 1.51. The normalized spacial score (nSPS) is 11.9. The smallest absolute Gasteiger partial charge is 0.354 e. The second-order valence-corrected chi connectivity index (χ2v) is 3.83. The van der Waals surface area contributed by atoms with Gasteiger partial charge in [-0.25, -0.2) is 9.78 Å². The third-order valence-electron chi connectivity index (χ3n) is 2.49. The van der Waals surface area contributed by atoms with Crippen molar-refractivity contribution in [2.45, 2.75) is 19.4 Å². The van der Waals surface area contributed by atoms with Crippen LogP contribution in [0.2, 0.25) is 0 Å². The number of nitrogens with one attached hydrogen (secondary N) is 1. The van der Waals surface area contributed by atoms with Gasteiger partial charge >= 0.3 is 11.7 Å². The number of carboxylic acids is 1. The molecule has 19 heavy (non-hydrogen) atoms. The average Bonchev–Trinajstić information content (AvgIpc) is 2.37. The maximum Gasteiger partial charge on any atom is 0.354 e. The van der Waals surface area contributed by atoms with E-state index in [1.807, 2.05) is 6.92 Å². The Kier molecular flexibility index (Phi) is 5.19. The lowest BCUT2D eigenvalue weighted by molar-refractivity contribution is -0.384. The van der Waals surface area contributed by atoms with Gasteiger partial charge in [0.15, 0.2) is 5.69 Å². The van der Waals surface area contributed by atoms with Crippen LogP contribution in [0.5, 0.6) is 0 Å². The summed E-state index contributed by atoms with van der Waals surface area (Å²) in [5.74, 6) is -1.30. The minimum atomic E-state index is -1.24. The van der Waals surface area contributed by atoms with Crippen molar-refractivity contribution in [1.82, 2.24) is 4.98 Å². The monoisotopic (exact) mass is 269 g/mol. The number of rotatable bonds is 7. The van der Waals surface area contributed by atoms with Gasteiger partial charge in [0.05, 0.1) is 17.6 Å². The van der Waals surface area contributed by atoms with E-state index in [0.717, 1.165) is 12.1 Å². The van der Waals surface area contributed by atoms with Crippen molar-refractivity contribution in [3.8, 4) is 0 Å². The highest BCUT2D eigenvalue weighted by Gasteiger charge is 2.20. The minimum Gasteiger partial charge on any atom is -0.477 e. The van der Waals surface area contributed by atoms with Crippen LogP contribution in [0.15, 0.2) is 12.1 Å². The average molecular weight is 269 g/mol. The van der Waals surface area contributed by atoms with E-state index in [1.54, 1.807) is 0 Å². The van der Waals surface area contributed by atoms with E-state index in [-0.39, 0.29) is 23.2 Å². The van der Waals surface area contributed by atoms with Crippen LogP contribution in [-0.4, -0.2) is 40.7 Å². The second-order valence-electron chi connectivity index (χ2n) is 3.83. The fraction of sp³-hybridized carbons (Fsp3) is 0.455. The molecule has 104 valence electrons. The van der Waals surface area contributed by atoms with Gasteiger partial charge in [0, 0.05) is 13.2 Å². The summed E-state index contributed by atoms with van der Waals surface area (Å²) in [6, 6.07) is 2.04. The van der Waals surface area contributed by atoms with Crippen molar-refractivity contribution in [2.75, 3.05) is 19.0 Å². The molecule has 8 heteroatoms. The topological polar surface area (TPSA) is 115 Å². The Morgan fingerprint density at radius 2 is 2.32 bits per heavy atom. The highest BCUT2D eigenvalue weighted by atomic mass is 16.6. The zero-order chi connectivity index (χ0) is 14.4. The summed E-state index contributed by atoms with van der Waals surface area (Å²) in [6.07, 6.45) is 0.657. The highest BCUT2D eigenvalue weighted by Crippen LogP contribution is 2.23. The molecule has 0 bridgehead atoms. The predicted molar refractivity (Wildman–Crippen MR) is 67.4 cm³/mol. The molecule has 0 aliphatic heterocycles. The van der Waals surface area contributed by atoms with Crippen LogP contribution in [0, 0.1) is 10.1 Å². The summed E-state index contributed by atoms with van der Waals surface area (Å²) in [6.45, 7) is 2.22. The third kappa shape index (κ3) is 3.88. The van der Waals surface area contributed by atoms with Crippen molar-refractivity contribution in [2.24, 2.45) is 0 Å². The lowest BCUT2D eigenvalue weighted by atomic mass is 10.2. The van der Waals surface area contributed by atoms with Crippen LogP contribution < -0.4 is 5.32 Å². The van der Waals surface area contributed by atoms with Gasteiger partial charge in [-0.05, 0) is 12.5 Å². The summed E-state index contributed by atoms with van der Waals surface area (Å²) in [5, 5.41) is 22.6. The molecule has 0 radical (unpaired) electrons. The molecule has 0 amide bonds. The van der Waals surface area contributed by atoms with Crippen molar-refractivity contribution >= 4 is 17.5 Å². The summed E-state index contributed by atoms with van der Waals surface area (Å²) >= 11 is 0. The Hall–Kier alpha value is -2.22. The van der Waals surface area contributed by atoms with E-state index in [2.05, 4.69) is 10.3 Å². The Bertz CT molecular complexity index is 477. The lowest BCUT2D eigenvalue weighted by Gasteiger charge is -2.16. The lowest BCUT2D eigenvalue weighted by Crippen LogP contribution is -2.25. The molecular weight excluding hydrogens is 254 g/mol. The number of anilines is 1. The standard InChI is InChI=1S/C11H15N3O5/c1-3-7(6-19-2)12-10-9(14(17)18)5-4-8(13-10)11(15)16/h4-5,7H,3,6H2,1-2H3,(H,12,13)(H,15,16). The van der Waals surface area contributed by atoms with E-state index in [0.29, 0.717) is 13.0 Å². The number of hydrogen-bond acceptors (Lipinski definition) is 6. The molecule has 1 heterocycles. The molecule has 0 spiro atoms. The number of carbonyl (C=O) groups is 1. The molecule has 0 aliphatic rings. The predicted octanol–water partition coefficient (Wildman–Crippen LogP) is 1.52. The fourth-order valence-corrected chi connectivity index (χ4v) is 1.48. The Morgan fingerprint density at radius 1 is 1.63 bits per heavy atom. The molecule has 0 fully saturated rings. The van der Waals surface area contributed by atoms with E-state index < -0.39 is 10.9 Å². The van der Waals surface area contributed by atoms with Gasteiger partial charge in [0.25, 0.3) is 0 Å². The van der Waals surface area contributed by atoms with Gasteiger partial charge in [-0.15, -0.1) is 0 Å². The van der Waals surface area contributed by atoms with E-state index >= 15 is 0 Å². The first-order valence-corrected chi connectivity index (χ1v) is 5.63. The molecule has 0 aromatic carbocycles. The number of ether oxygens (including phenoxy) is 1. The van der Waals surface area contributed by atoms with Gasteiger partial charge in [0.2, 0.25) is 5.82 Å². The largest absolute Gasteiger partial charge is 0.477 e.